The Bertz CT molecular complexity index is 611. The van der Waals surface area contributed by atoms with Gasteiger partial charge in [-0.25, -0.2) is 21.6 Å². The molecule has 1 aliphatic heterocycles. The molecule has 2 N–H and O–H groups in total. The fraction of sp³-hybridized carbons (Fsp3) is 0.800. The molecule has 1 heterocycles. The molecule has 0 aliphatic carbocycles. The van der Waals surface area contributed by atoms with E-state index >= 15 is 0 Å². The molecule has 1 fully saturated rings. The van der Waals surface area contributed by atoms with Crippen LogP contribution >= 0.6 is 0 Å². The van der Waals surface area contributed by atoms with Crippen LogP contribution in [0.3, 0.4) is 0 Å². The first-order chi connectivity index (χ1) is 9.50. The van der Waals surface area contributed by atoms with Crippen molar-refractivity contribution < 1.29 is 31.5 Å². The second-order valence-corrected chi connectivity index (χ2v) is 9.41. The normalized spacial score (nSPS) is 21.8. The van der Waals surface area contributed by atoms with E-state index in [9.17, 15) is 26.4 Å². The predicted octanol–water partition coefficient (Wildman–Crippen LogP) is -1.69. The lowest BCUT2D eigenvalue weighted by Gasteiger charge is -2.34. The Morgan fingerprint density at radius 1 is 1.38 bits per heavy atom. The number of nitrogens with zero attached hydrogens (tertiary/aromatic N) is 1. The summed E-state index contributed by atoms with van der Waals surface area (Å²) in [6.45, 7) is -0.217. The highest BCUT2D eigenvalue weighted by Crippen LogP contribution is 2.15. The third-order valence-corrected chi connectivity index (χ3v) is 5.59. The topological polar surface area (TPSA) is 138 Å². The van der Waals surface area contributed by atoms with E-state index in [4.69, 9.17) is 5.11 Å². The lowest BCUT2D eigenvalue weighted by atomic mass is 10.2. The first-order valence-electron chi connectivity index (χ1n) is 6.14. The number of hydrogen-bond donors (Lipinski definition) is 2. The number of urea groups is 1. The van der Waals surface area contributed by atoms with Gasteiger partial charge in [0.1, 0.15) is 9.84 Å². The molecular weight excluding hydrogens is 324 g/mol. The minimum absolute atomic E-state index is 0.106. The summed E-state index contributed by atoms with van der Waals surface area (Å²) in [5.41, 5.74) is 0. The van der Waals surface area contributed by atoms with E-state index < -0.39 is 49.9 Å². The summed E-state index contributed by atoms with van der Waals surface area (Å²) in [6, 6.07) is -1.60. The Labute approximate surface area is 123 Å². The molecule has 1 unspecified atom stereocenters. The van der Waals surface area contributed by atoms with Crippen molar-refractivity contribution in [3.63, 3.8) is 0 Å². The molecule has 0 saturated carbocycles. The van der Waals surface area contributed by atoms with Gasteiger partial charge in [0.25, 0.3) is 0 Å². The number of hydrogen-bond acceptors (Lipinski definition) is 6. The smallest absolute Gasteiger partial charge is 0.317 e. The van der Waals surface area contributed by atoms with Crippen LogP contribution in [0.25, 0.3) is 0 Å². The van der Waals surface area contributed by atoms with Crippen molar-refractivity contribution >= 4 is 31.7 Å². The number of rotatable bonds is 5. The average molecular weight is 342 g/mol. The Hall–Kier alpha value is -1.36. The number of sulfone groups is 2. The van der Waals surface area contributed by atoms with E-state index in [-0.39, 0.29) is 24.6 Å². The minimum Gasteiger partial charge on any atom is -0.481 e. The Morgan fingerprint density at radius 2 is 2.00 bits per heavy atom. The molecule has 11 heteroatoms. The Balaban J connectivity index is 2.69. The van der Waals surface area contributed by atoms with Crippen LogP contribution in [0.2, 0.25) is 0 Å². The quantitative estimate of drug-likeness (QED) is 0.608. The van der Waals surface area contributed by atoms with Crippen molar-refractivity contribution in [1.29, 1.82) is 0 Å². The van der Waals surface area contributed by atoms with Crippen molar-refractivity contribution in [1.82, 2.24) is 10.2 Å². The highest BCUT2D eigenvalue weighted by atomic mass is 32.2. The second-order valence-electron chi connectivity index (χ2n) is 4.92. The van der Waals surface area contributed by atoms with Gasteiger partial charge in [-0.15, -0.1) is 0 Å². The summed E-state index contributed by atoms with van der Waals surface area (Å²) in [6.07, 6.45) is 0.554. The standard InChI is InChI=1S/C10H18N2O7S2/c1-20(16,17)4-2-11-10(15)12-3-5-21(18,19)7-8(12)6-9(13)14/h8H,2-7H2,1H3,(H,11,15)(H,13,14). The molecule has 1 atom stereocenters. The highest BCUT2D eigenvalue weighted by Gasteiger charge is 2.35. The molecule has 0 radical (unpaired) electrons. The number of carboxylic acids is 1. The zero-order valence-corrected chi connectivity index (χ0v) is 13.1. The molecule has 122 valence electrons. The third kappa shape index (κ3) is 6.29. The van der Waals surface area contributed by atoms with Crippen LogP contribution in [-0.4, -0.2) is 81.5 Å². The molecular formula is C10H18N2O7S2. The Morgan fingerprint density at radius 3 is 2.52 bits per heavy atom. The molecule has 0 aromatic heterocycles. The molecule has 0 aromatic rings. The summed E-state index contributed by atoms with van der Waals surface area (Å²) in [5, 5.41) is 11.1. The van der Waals surface area contributed by atoms with Crippen molar-refractivity contribution in [3.8, 4) is 0 Å². The molecule has 0 aromatic carbocycles. The molecule has 1 aliphatic rings. The van der Waals surface area contributed by atoms with Crippen LogP contribution < -0.4 is 5.32 Å². The summed E-state index contributed by atoms with van der Waals surface area (Å²) in [7, 11) is -6.59. The van der Waals surface area contributed by atoms with E-state index in [0.29, 0.717) is 0 Å². The fourth-order valence-corrected chi connectivity index (χ4v) is 3.97. The van der Waals surface area contributed by atoms with Crippen molar-refractivity contribution in [2.45, 2.75) is 12.5 Å². The molecule has 21 heavy (non-hydrogen) atoms. The maximum atomic E-state index is 11.9. The number of nitrogens with one attached hydrogen (secondary N) is 1. The van der Waals surface area contributed by atoms with E-state index in [1.807, 2.05) is 0 Å². The molecule has 1 saturated heterocycles. The van der Waals surface area contributed by atoms with Gasteiger partial charge in [-0.3, -0.25) is 4.79 Å². The largest absolute Gasteiger partial charge is 0.481 e. The minimum atomic E-state index is -3.37. The zero-order valence-electron chi connectivity index (χ0n) is 11.5. The van der Waals surface area contributed by atoms with Crippen LogP contribution in [0.4, 0.5) is 4.79 Å². The molecule has 2 amide bonds. The maximum Gasteiger partial charge on any atom is 0.317 e. The van der Waals surface area contributed by atoms with Gasteiger partial charge in [-0.2, -0.15) is 0 Å². The van der Waals surface area contributed by atoms with Crippen LogP contribution in [0.15, 0.2) is 0 Å². The van der Waals surface area contributed by atoms with Crippen molar-refractivity contribution in [3.05, 3.63) is 0 Å². The van der Waals surface area contributed by atoms with Gasteiger partial charge in [0.2, 0.25) is 0 Å². The first kappa shape index (κ1) is 17.7. The highest BCUT2D eigenvalue weighted by molar-refractivity contribution is 7.91. The number of aliphatic carboxylic acids is 1. The van der Waals surface area contributed by atoms with Gasteiger partial charge in [0.05, 0.1) is 29.7 Å². The van der Waals surface area contributed by atoms with Gasteiger partial charge in [0.15, 0.2) is 9.84 Å². The molecule has 1 rings (SSSR count). The van der Waals surface area contributed by atoms with Crippen LogP contribution in [0.5, 0.6) is 0 Å². The van der Waals surface area contributed by atoms with Crippen LogP contribution in [-0.2, 0) is 24.5 Å². The number of carbonyl (C=O) groups excluding carboxylic acids is 1. The van der Waals surface area contributed by atoms with E-state index in [0.717, 1.165) is 11.2 Å². The molecule has 0 bridgehead atoms. The third-order valence-electron chi connectivity index (χ3n) is 2.95. The van der Waals surface area contributed by atoms with E-state index in [1.54, 1.807) is 0 Å². The van der Waals surface area contributed by atoms with Crippen LogP contribution in [0.1, 0.15) is 6.42 Å². The zero-order chi connectivity index (χ0) is 16.3. The first-order valence-corrected chi connectivity index (χ1v) is 10.0. The maximum absolute atomic E-state index is 11.9. The summed E-state index contributed by atoms with van der Waals surface area (Å²) < 4.78 is 45.0. The van der Waals surface area contributed by atoms with Crippen LogP contribution in [0, 0.1) is 0 Å². The summed E-state index contributed by atoms with van der Waals surface area (Å²) in [4.78, 5) is 23.8. The number of carboxylic acid groups (broad SMARTS) is 1. The monoisotopic (exact) mass is 342 g/mol. The van der Waals surface area contributed by atoms with Crippen molar-refractivity contribution in [2.75, 3.05) is 36.6 Å². The molecule has 0 spiro atoms. The molecule has 9 nitrogen and oxygen atoms in total. The second kappa shape index (κ2) is 6.60. The van der Waals surface area contributed by atoms with E-state index in [2.05, 4.69) is 5.32 Å². The summed E-state index contributed by atoms with van der Waals surface area (Å²) in [5.74, 6) is -2.08. The van der Waals surface area contributed by atoms with Gasteiger partial charge in [-0.05, 0) is 0 Å². The predicted molar refractivity (Wildman–Crippen MR) is 74.5 cm³/mol. The van der Waals surface area contributed by atoms with Crippen molar-refractivity contribution in [2.24, 2.45) is 0 Å². The lowest BCUT2D eigenvalue weighted by Crippen LogP contribution is -2.55. The SMILES string of the molecule is CS(=O)(=O)CCNC(=O)N1CCS(=O)(=O)CC1CC(=O)O. The fourth-order valence-electron chi connectivity index (χ4n) is 1.97. The van der Waals surface area contributed by atoms with Gasteiger partial charge >= 0.3 is 12.0 Å². The average Bonchev–Trinajstić information content (AvgIpc) is 2.24. The van der Waals surface area contributed by atoms with Gasteiger partial charge in [0, 0.05) is 19.3 Å². The lowest BCUT2D eigenvalue weighted by molar-refractivity contribution is -0.138. The van der Waals surface area contributed by atoms with Gasteiger partial charge in [-0.1, -0.05) is 0 Å². The number of amides is 2. The summed E-state index contributed by atoms with van der Waals surface area (Å²) >= 11 is 0. The Kier molecular flexibility index (Phi) is 5.56. The van der Waals surface area contributed by atoms with E-state index in [1.165, 1.54) is 0 Å². The van der Waals surface area contributed by atoms with Gasteiger partial charge < -0.3 is 15.3 Å². The number of carbonyl (C=O) groups is 2.